The molecule has 0 unspecified atom stereocenters. The molecule has 0 aliphatic rings. The van der Waals surface area contributed by atoms with E-state index >= 15 is 0 Å². The van der Waals surface area contributed by atoms with Gasteiger partial charge in [0.1, 0.15) is 11.3 Å². The number of hydrogen-bond donors (Lipinski definition) is 0. The molecule has 0 aliphatic carbocycles. The van der Waals surface area contributed by atoms with Gasteiger partial charge in [-0.25, -0.2) is 0 Å². The number of halogens is 2. The molecule has 1 aromatic heterocycles. The Morgan fingerprint density at radius 2 is 1.76 bits per heavy atom. The SMILES string of the molecule is Cc1cc(C)c2oc(-c3ccc(Cl)cc3Cl)cc(=O)c2c1. The Balaban J connectivity index is 2.33. The molecule has 3 aromatic rings. The summed E-state index contributed by atoms with van der Waals surface area (Å²) in [4.78, 5) is 12.3. The maximum absolute atomic E-state index is 12.3. The normalized spacial score (nSPS) is 11.0. The summed E-state index contributed by atoms with van der Waals surface area (Å²) in [5.74, 6) is 0.445. The van der Waals surface area contributed by atoms with E-state index in [9.17, 15) is 4.79 Å². The van der Waals surface area contributed by atoms with E-state index in [1.165, 1.54) is 6.07 Å². The van der Waals surface area contributed by atoms with E-state index in [4.69, 9.17) is 27.6 Å². The quantitative estimate of drug-likeness (QED) is 0.602. The number of hydrogen-bond acceptors (Lipinski definition) is 2. The highest BCUT2D eigenvalue weighted by molar-refractivity contribution is 6.36. The molecule has 0 saturated heterocycles. The van der Waals surface area contributed by atoms with Gasteiger partial charge in [-0.3, -0.25) is 4.79 Å². The van der Waals surface area contributed by atoms with Gasteiger partial charge in [-0.1, -0.05) is 29.3 Å². The van der Waals surface area contributed by atoms with E-state index < -0.39 is 0 Å². The van der Waals surface area contributed by atoms with Crippen LogP contribution in [-0.2, 0) is 0 Å². The van der Waals surface area contributed by atoms with Gasteiger partial charge in [0.05, 0.1) is 10.4 Å². The topological polar surface area (TPSA) is 30.2 Å². The van der Waals surface area contributed by atoms with Gasteiger partial charge in [0.15, 0.2) is 5.43 Å². The third kappa shape index (κ3) is 2.57. The maximum Gasteiger partial charge on any atom is 0.193 e. The van der Waals surface area contributed by atoms with Crippen molar-refractivity contribution in [3.05, 3.63) is 67.8 Å². The summed E-state index contributed by atoms with van der Waals surface area (Å²) in [6, 6.07) is 10.4. The zero-order valence-electron chi connectivity index (χ0n) is 11.5. The van der Waals surface area contributed by atoms with Gasteiger partial charge in [-0.2, -0.15) is 0 Å². The van der Waals surface area contributed by atoms with Crippen LogP contribution in [0.5, 0.6) is 0 Å². The third-order valence-electron chi connectivity index (χ3n) is 3.36. The minimum atomic E-state index is -0.0796. The number of rotatable bonds is 1. The first-order valence-corrected chi connectivity index (χ1v) is 7.22. The van der Waals surface area contributed by atoms with E-state index in [0.717, 1.165) is 11.1 Å². The highest BCUT2D eigenvalue weighted by atomic mass is 35.5. The molecular weight excluding hydrogens is 307 g/mol. The van der Waals surface area contributed by atoms with Crippen molar-refractivity contribution >= 4 is 34.2 Å². The van der Waals surface area contributed by atoms with Crippen LogP contribution in [0.3, 0.4) is 0 Å². The Bertz CT molecular complexity index is 911. The van der Waals surface area contributed by atoms with Crippen molar-refractivity contribution in [1.29, 1.82) is 0 Å². The van der Waals surface area contributed by atoms with E-state index in [1.54, 1.807) is 18.2 Å². The molecule has 2 aromatic carbocycles. The summed E-state index contributed by atoms with van der Waals surface area (Å²) in [5.41, 5.74) is 3.12. The summed E-state index contributed by atoms with van der Waals surface area (Å²) in [5, 5.41) is 1.58. The third-order valence-corrected chi connectivity index (χ3v) is 3.90. The van der Waals surface area contributed by atoms with Crippen molar-refractivity contribution in [2.75, 3.05) is 0 Å². The number of fused-ring (bicyclic) bond motifs is 1. The van der Waals surface area contributed by atoms with Crippen LogP contribution in [0.4, 0.5) is 0 Å². The first-order valence-electron chi connectivity index (χ1n) is 6.46. The molecule has 0 aliphatic heterocycles. The monoisotopic (exact) mass is 318 g/mol. The Labute approximate surface area is 131 Å². The van der Waals surface area contributed by atoms with Gasteiger partial charge in [-0.05, 0) is 49.2 Å². The second-order valence-electron chi connectivity index (χ2n) is 5.06. The number of benzene rings is 2. The lowest BCUT2D eigenvalue weighted by Gasteiger charge is -2.08. The van der Waals surface area contributed by atoms with Crippen molar-refractivity contribution in [2.45, 2.75) is 13.8 Å². The molecule has 0 bridgehead atoms. The first-order chi connectivity index (χ1) is 9.95. The Kier molecular flexibility index (Phi) is 3.52. The predicted octanol–water partition coefficient (Wildman–Crippen LogP) is 5.38. The lowest BCUT2D eigenvalue weighted by atomic mass is 10.1. The Morgan fingerprint density at radius 3 is 2.48 bits per heavy atom. The largest absolute Gasteiger partial charge is 0.455 e. The summed E-state index contributed by atoms with van der Waals surface area (Å²) in [6.07, 6.45) is 0. The van der Waals surface area contributed by atoms with Crippen molar-refractivity contribution in [3.8, 4) is 11.3 Å². The van der Waals surface area contributed by atoms with Crippen molar-refractivity contribution in [1.82, 2.24) is 0 Å². The Morgan fingerprint density at radius 1 is 1.00 bits per heavy atom. The van der Waals surface area contributed by atoms with Crippen molar-refractivity contribution in [3.63, 3.8) is 0 Å². The molecule has 0 amide bonds. The minimum Gasteiger partial charge on any atom is -0.455 e. The smallest absolute Gasteiger partial charge is 0.193 e. The molecule has 0 fully saturated rings. The molecule has 3 rings (SSSR count). The van der Waals surface area contributed by atoms with Gasteiger partial charge < -0.3 is 4.42 Å². The average molecular weight is 319 g/mol. The van der Waals surface area contributed by atoms with Gasteiger partial charge in [0.25, 0.3) is 0 Å². The van der Waals surface area contributed by atoms with E-state index in [2.05, 4.69) is 0 Å². The average Bonchev–Trinajstić information content (AvgIpc) is 2.40. The summed E-state index contributed by atoms with van der Waals surface area (Å²) in [7, 11) is 0. The maximum atomic E-state index is 12.3. The zero-order valence-corrected chi connectivity index (χ0v) is 13.0. The van der Waals surface area contributed by atoms with E-state index in [1.807, 2.05) is 26.0 Å². The fraction of sp³-hybridized carbons (Fsp3) is 0.118. The van der Waals surface area contributed by atoms with Crippen molar-refractivity contribution in [2.24, 2.45) is 0 Å². The molecule has 2 nitrogen and oxygen atoms in total. The fourth-order valence-electron chi connectivity index (χ4n) is 2.43. The first kappa shape index (κ1) is 14.2. The van der Waals surface area contributed by atoms with E-state index in [-0.39, 0.29) is 5.43 Å². The van der Waals surface area contributed by atoms with Crippen molar-refractivity contribution < 1.29 is 4.42 Å². The minimum absolute atomic E-state index is 0.0796. The van der Waals surface area contributed by atoms with E-state index in [0.29, 0.717) is 32.3 Å². The molecule has 106 valence electrons. The molecule has 0 N–H and O–H groups in total. The van der Waals surface area contributed by atoms with Crippen LogP contribution in [0, 0.1) is 13.8 Å². The molecule has 1 heterocycles. The molecule has 0 atom stereocenters. The molecule has 21 heavy (non-hydrogen) atoms. The molecule has 4 heteroatoms. The Hall–Kier alpha value is -1.77. The summed E-state index contributed by atoms with van der Waals surface area (Å²) >= 11 is 12.1. The van der Waals surface area contributed by atoms with Crippen LogP contribution in [0.1, 0.15) is 11.1 Å². The molecular formula is C17H12Cl2O2. The van der Waals surface area contributed by atoms with Crippen LogP contribution >= 0.6 is 23.2 Å². The van der Waals surface area contributed by atoms with Gasteiger partial charge >= 0.3 is 0 Å². The predicted molar refractivity (Wildman–Crippen MR) is 87.4 cm³/mol. The van der Waals surface area contributed by atoms with Gasteiger partial charge in [0, 0.05) is 16.7 Å². The molecule has 0 spiro atoms. The van der Waals surface area contributed by atoms with Crippen LogP contribution < -0.4 is 5.43 Å². The van der Waals surface area contributed by atoms with Crippen LogP contribution in [0.2, 0.25) is 10.0 Å². The highest BCUT2D eigenvalue weighted by Gasteiger charge is 2.12. The van der Waals surface area contributed by atoms with Crippen LogP contribution in [0.25, 0.3) is 22.3 Å². The second-order valence-corrected chi connectivity index (χ2v) is 5.90. The highest BCUT2D eigenvalue weighted by Crippen LogP contribution is 2.31. The van der Waals surface area contributed by atoms with Gasteiger partial charge in [0.2, 0.25) is 0 Å². The lowest BCUT2D eigenvalue weighted by molar-refractivity contribution is 0.616. The summed E-state index contributed by atoms with van der Waals surface area (Å²) < 4.78 is 5.91. The van der Waals surface area contributed by atoms with Gasteiger partial charge in [-0.15, -0.1) is 0 Å². The summed E-state index contributed by atoms with van der Waals surface area (Å²) in [6.45, 7) is 3.88. The van der Waals surface area contributed by atoms with Crippen LogP contribution in [0.15, 0.2) is 45.6 Å². The number of aryl methyl sites for hydroxylation is 2. The molecule has 0 saturated carbocycles. The zero-order chi connectivity index (χ0) is 15.1. The standard InChI is InChI=1S/C17H12Cl2O2/c1-9-5-10(2)17-13(6-9)15(20)8-16(21-17)12-4-3-11(18)7-14(12)19/h3-8H,1-2H3. The molecule has 0 radical (unpaired) electrons. The van der Waals surface area contributed by atoms with Crippen LogP contribution in [-0.4, -0.2) is 0 Å². The second kappa shape index (κ2) is 5.21. The lowest BCUT2D eigenvalue weighted by Crippen LogP contribution is -2.02. The fourth-order valence-corrected chi connectivity index (χ4v) is 2.93.